The first kappa shape index (κ1) is 34.0. The average molecular weight is 596 g/mol. The number of alkyl carbamates (subject to hydrolysis) is 1. The Bertz CT molecular complexity index is 1060. The van der Waals surface area contributed by atoms with Crippen LogP contribution in [0.4, 0.5) is 13.6 Å². The molecule has 0 heterocycles. The van der Waals surface area contributed by atoms with E-state index in [1.807, 2.05) is 5.32 Å². The fourth-order valence-electron chi connectivity index (χ4n) is 3.37. The Kier molecular flexibility index (Phi) is 13.1. The largest absolute Gasteiger partial charge is 0.475 e. The van der Waals surface area contributed by atoms with E-state index < -0.39 is 66.2 Å². The molecule has 0 bridgehead atoms. The molecule has 0 saturated heterocycles. The lowest BCUT2D eigenvalue weighted by Crippen LogP contribution is -2.57. The van der Waals surface area contributed by atoms with Gasteiger partial charge in [-0.05, 0) is 50.8 Å². The Morgan fingerprint density at radius 2 is 1.46 bits per heavy atom. The summed E-state index contributed by atoms with van der Waals surface area (Å²) in [4.78, 5) is 61.6. The quantitative estimate of drug-likeness (QED) is 0.253. The highest BCUT2D eigenvalue weighted by Crippen LogP contribution is 2.23. The third-order valence-corrected chi connectivity index (χ3v) is 5.77. The van der Waals surface area contributed by atoms with Crippen LogP contribution in [0.2, 0.25) is 10.0 Å². The van der Waals surface area contributed by atoms with Crippen molar-refractivity contribution in [3.05, 3.63) is 33.8 Å². The van der Waals surface area contributed by atoms with E-state index in [2.05, 4.69) is 10.6 Å². The summed E-state index contributed by atoms with van der Waals surface area (Å²) in [7, 11) is 0. The van der Waals surface area contributed by atoms with Gasteiger partial charge in [0.25, 0.3) is 5.78 Å². The van der Waals surface area contributed by atoms with Crippen molar-refractivity contribution in [1.82, 2.24) is 16.0 Å². The number of aliphatic carboxylic acids is 1. The summed E-state index contributed by atoms with van der Waals surface area (Å²) < 4.78 is 31.1. The lowest BCUT2D eigenvalue weighted by atomic mass is 10.00. The normalized spacial score (nSPS) is 13.8. The number of hydrogen-bond acceptors (Lipinski definition) is 6. The van der Waals surface area contributed by atoms with Crippen LogP contribution in [-0.4, -0.2) is 64.9 Å². The molecule has 1 rings (SSSR count). The molecule has 4 N–H and O–H groups in total. The van der Waals surface area contributed by atoms with Gasteiger partial charge in [-0.1, -0.05) is 43.1 Å². The number of nitrogens with one attached hydrogen (secondary N) is 3. The molecule has 0 radical (unpaired) electrons. The van der Waals surface area contributed by atoms with E-state index >= 15 is 0 Å². The highest BCUT2D eigenvalue weighted by molar-refractivity contribution is 6.42. The first-order chi connectivity index (χ1) is 17.9. The average Bonchev–Trinajstić information content (AvgIpc) is 2.77. The van der Waals surface area contributed by atoms with Crippen molar-refractivity contribution in [2.75, 3.05) is 0 Å². The van der Waals surface area contributed by atoms with Gasteiger partial charge in [-0.15, -0.1) is 0 Å². The van der Waals surface area contributed by atoms with Crippen LogP contribution in [-0.2, 0) is 30.3 Å². The molecular weight excluding hydrogens is 563 g/mol. The highest BCUT2D eigenvalue weighted by Gasteiger charge is 2.34. The van der Waals surface area contributed by atoms with Crippen LogP contribution >= 0.6 is 23.2 Å². The fraction of sp³-hybridized carbons (Fsp3) is 0.560. The summed E-state index contributed by atoms with van der Waals surface area (Å²) in [6.45, 7) is 8.31. The van der Waals surface area contributed by atoms with Crippen molar-refractivity contribution in [3.8, 4) is 0 Å². The van der Waals surface area contributed by atoms with Crippen molar-refractivity contribution < 1.29 is 42.6 Å². The van der Waals surface area contributed by atoms with Gasteiger partial charge in [0.1, 0.15) is 23.7 Å². The van der Waals surface area contributed by atoms with Gasteiger partial charge in [0.05, 0.1) is 10.0 Å². The number of halogens is 4. The molecule has 0 fully saturated rings. The van der Waals surface area contributed by atoms with E-state index in [0.29, 0.717) is 5.56 Å². The maximum absolute atomic E-state index is 13.3. The SMILES string of the molecule is CC(C)CC(NC(=O)C(Cc1ccc(Cl)c(Cl)c1)NC(=O)OC(C)(C)C)C(=O)NC(CC(F)F)C(=O)C(=O)O. The number of carboxylic acid groups (broad SMARTS) is 1. The summed E-state index contributed by atoms with van der Waals surface area (Å²) in [6.07, 6.45) is -5.31. The van der Waals surface area contributed by atoms with Crippen LogP contribution < -0.4 is 16.0 Å². The number of amides is 3. The second kappa shape index (κ2) is 15.0. The smallest absolute Gasteiger partial charge is 0.408 e. The number of alkyl halides is 2. The zero-order valence-corrected chi connectivity index (χ0v) is 23.7. The molecule has 0 aliphatic heterocycles. The van der Waals surface area contributed by atoms with Crippen LogP contribution in [0.3, 0.4) is 0 Å². The summed E-state index contributed by atoms with van der Waals surface area (Å²) in [5.41, 5.74) is -0.375. The van der Waals surface area contributed by atoms with Gasteiger partial charge < -0.3 is 25.8 Å². The molecule has 0 saturated carbocycles. The molecule has 218 valence electrons. The molecule has 3 unspecified atom stereocenters. The maximum atomic E-state index is 13.3. The number of ketones is 1. The third-order valence-electron chi connectivity index (χ3n) is 5.03. The molecule has 3 amide bonds. The predicted octanol–water partition coefficient (Wildman–Crippen LogP) is 3.75. The van der Waals surface area contributed by atoms with Crippen LogP contribution in [0.5, 0.6) is 0 Å². The second-order valence-corrected chi connectivity index (χ2v) is 11.0. The minimum absolute atomic E-state index is 0.00612. The van der Waals surface area contributed by atoms with Crippen molar-refractivity contribution in [2.24, 2.45) is 5.92 Å². The zero-order valence-electron chi connectivity index (χ0n) is 22.1. The van der Waals surface area contributed by atoms with Gasteiger partial charge in [0.15, 0.2) is 0 Å². The number of hydrogen-bond donors (Lipinski definition) is 4. The van der Waals surface area contributed by atoms with E-state index in [9.17, 15) is 32.8 Å². The summed E-state index contributed by atoms with van der Waals surface area (Å²) in [5, 5.41) is 16.3. The van der Waals surface area contributed by atoms with Crippen molar-refractivity contribution in [3.63, 3.8) is 0 Å². The molecule has 0 aliphatic carbocycles. The zero-order chi connectivity index (χ0) is 30.1. The first-order valence-electron chi connectivity index (χ1n) is 12.0. The Labute approximate surface area is 235 Å². The number of carbonyl (C=O) groups is 5. The highest BCUT2D eigenvalue weighted by atomic mass is 35.5. The van der Waals surface area contributed by atoms with E-state index in [4.69, 9.17) is 33.0 Å². The molecule has 0 aliphatic rings. The molecule has 1 aromatic rings. The van der Waals surface area contributed by atoms with E-state index in [1.165, 1.54) is 12.1 Å². The Balaban J connectivity index is 3.23. The van der Waals surface area contributed by atoms with Gasteiger partial charge >= 0.3 is 12.1 Å². The van der Waals surface area contributed by atoms with Crippen molar-refractivity contribution >= 4 is 52.9 Å². The van der Waals surface area contributed by atoms with Gasteiger partial charge in [-0.2, -0.15) is 0 Å². The Morgan fingerprint density at radius 1 is 0.897 bits per heavy atom. The topological polar surface area (TPSA) is 151 Å². The van der Waals surface area contributed by atoms with Crippen molar-refractivity contribution in [1.29, 1.82) is 0 Å². The van der Waals surface area contributed by atoms with Crippen molar-refractivity contribution in [2.45, 2.75) is 84.0 Å². The van der Waals surface area contributed by atoms with E-state index in [-0.39, 0.29) is 28.8 Å². The summed E-state index contributed by atoms with van der Waals surface area (Å²) in [5.74, 6) is -5.68. The second-order valence-electron chi connectivity index (χ2n) is 10.2. The third kappa shape index (κ3) is 12.6. The fourth-order valence-corrected chi connectivity index (χ4v) is 3.69. The first-order valence-corrected chi connectivity index (χ1v) is 12.7. The van der Waals surface area contributed by atoms with Gasteiger partial charge in [-0.25, -0.2) is 18.4 Å². The summed E-state index contributed by atoms with van der Waals surface area (Å²) in [6, 6.07) is -0.0670. The number of ether oxygens (including phenoxy) is 1. The molecule has 1 aromatic carbocycles. The summed E-state index contributed by atoms with van der Waals surface area (Å²) >= 11 is 12.0. The number of benzene rings is 1. The maximum Gasteiger partial charge on any atom is 0.408 e. The molecule has 10 nitrogen and oxygen atoms in total. The molecular formula is C25H33Cl2F2N3O7. The van der Waals surface area contributed by atoms with E-state index in [0.717, 1.165) is 0 Å². The van der Waals surface area contributed by atoms with Crippen LogP contribution in [0.1, 0.15) is 53.0 Å². The van der Waals surface area contributed by atoms with Gasteiger partial charge in [0.2, 0.25) is 18.2 Å². The Morgan fingerprint density at radius 3 is 1.95 bits per heavy atom. The van der Waals surface area contributed by atoms with Crippen LogP contribution in [0.25, 0.3) is 0 Å². The monoisotopic (exact) mass is 595 g/mol. The van der Waals surface area contributed by atoms with Crippen LogP contribution in [0.15, 0.2) is 18.2 Å². The van der Waals surface area contributed by atoms with Gasteiger partial charge in [0, 0.05) is 12.8 Å². The number of rotatable bonds is 13. The van der Waals surface area contributed by atoms with E-state index in [1.54, 1.807) is 40.7 Å². The number of carbonyl (C=O) groups excluding carboxylic acids is 4. The lowest BCUT2D eigenvalue weighted by molar-refractivity contribution is -0.151. The molecule has 39 heavy (non-hydrogen) atoms. The number of Topliss-reactive ketones (excluding diaryl/α,β-unsaturated/α-hetero) is 1. The predicted molar refractivity (Wildman–Crippen MR) is 140 cm³/mol. The van der Waals surface area contributed by atoms with Gasteiger partial charge in [-0.3, -0.25) is 14.4 Å². The molecule has 3 atom stereocenters. The minimum Gasteiger partial charge on any atom is -0.475 e. The number of carboxylic acids is 1. The molecule has 0 aromatic heterocycles. The van der Waals surface area contributed by atoms with Crippen LogP contribution in [0, 0.1) is 5.92 Å². The lowest BCUT2D eigenvalue weighted by Gasteiger charge is -2.27. The Hall–Kier alpha value is -2.99. The molecule has 14 heteroatoms. The molecule has 0 spiro atoms. The minimum atomic E-state index is -3.08. The standard InChI is InChI=1S/C25H33Cl2F2N3O7/c1-12(2)8-17(21(34)30-16(11-19(28)29)20(33)23(36)37)31-22(35)18(32-24(38)39-25(3,4)5)10-13-6-7-14(26)15(27)9-13/h6-7,9,12,16-19H,8,10-11H2,1-5H3,(H,30,34)(H,31,35)(H,32,38)(H,36,37).